The van der Waals surface area contributed by atoms with Gasteiger partial charge in [-0.15, -0.1) is 11.3 Å². The minimum Gasteiger partial charge on any atom is -0.478 e. The topological polar surface area (TPSA) is 95.5 Å². The van der Waals surface area contributed by atoms with Crippen LogP contribution in [-0.4, -0.2) is 28.9 Å². The van der Waals surface area contributed by atoms with Gasteiger partial charge >= 0.3 is 5.97 Å². The number of benzene rings is 2. The molecule has 2 aromatic carbocycles. The fraction of sp³-hybridized carbons (Fsp3) is 0.174. The molecular formula is C23H20N2O4S. The summed E-state index contributed by atoms with van der Waals surface area (Å²) in [7, 11) is 0. The molecule has 0 spiro atoms. The van der Waals surface area contributed by atoms with E-state index in [4.69, 9.17) is 5.11 Å². The Labute approximate surface area is 177 Å². The summed E-state index contributed by atoms with van der Waals surface area (Å²) in [6.07, 6.45) is 2.02. The van der Waals surface area contributed by atoms with E-state index in [2.05, 4.69) is 10.6 Å². The third kappa shape index (κ3) is 4.41. The molecule has 7 heteroatoms. The third-order valence-corrected chi connectivity index (χ3v) is 6.02. The van der Waals surface area contributed by atoms with Gasteiger partial charge in [-0.25, -0.2) is 4.79 Å². The van der Waals surface area contributed by atoms with Gasteiger partial charge in [0.05, 0.1) is 10.4 Å². The Hall–Kier alpha value is -3.45. The van der Waals surface area contributed by atoms with Crippen molar-refractivity contribution in [1.29, 1.82) is 0 Å². The van der Waals surface area contributed by atoms with Crippen molar-refractivity contribution in [3.05, 3.63) is 76.2 Å². The smallest absolute Gasteiger partial charge is 0.335 e. The first-order valence-electron chi connectivity index (χ1n) is 9.57. The van der Waals surface area contributed by atoms with E-state index in [1.54, 1.807) is 36.4 Å². The van der Waals surface area contributed by atoms with Crippen molar-refractivity contribution >= 4 is 34.8 Å². The SMILES string of the molecule is Cc1ccc(C(=O)NC2CC2)cc1NC(=O)c1ccc(-c2cccc(C(=O)O)c2)s1. The molecule has 1 aliphatic rings. The molecule has 1 heterocycles. The minimum atomic E-state index is -0.993. The van der Waals surface area contributed by atoms with Crippen LogP contribution in [0.15, 0.2) is 54.6 Å². The second-order valence-electron chi connectivity index (χ2n) is 7.28. The highest BCUT2D eigenvalue weighted by Gasteiger charge is 2.24. The zero-order valence-corrected chi connectivity index (χ0v) is 17.1. The second-order valence-corrected chi connectivity index (χ2v) is 8.37. The largest absolute Gasteiger partial charge is 0.478 e. The van der Waals surface area contributed by atoms with Gasteiger partial charge in [0.25, 0.3) is 11.8 Å². The highest BCUT2D eigenvalue weighted by Crippen LogP contribution is 2.30. The first-order valence-corrected chi connectivity index (χ1v) is 10.4. The molecule has 3 aromatic rings. The molecule has 6 nitrogen and oxygen atoms in total. The molecule has 0 atom stereocenters. The average Bonchev–Trinajstić information content (AvgIpc) is 3.40. The summed E-state index contributed by atoms with van der Waals surface area (Å²) in [6.45, 7) is 1.87. The van der Waals surface area contributed by atoms with Crippen molar-refractivity contribution in [3.63, 3.8) is 0 Å². The lowest BCUT2D eigenvalue weighted by atomic mass is 10.1. The molecule has 4 rings (SSSR count). The van der Waals surface area contributed by atoms with Crippen LogP contribution in [0, 0.1) is 6.92 Å². The van der Waals surface area contributed by atoms with Gasteiger partial charge in [-0.05, 0) is 67.3 Å². The number of aromatic carboxylic acids is 1. The quantitative estimate of drug-likeness (QED) is 0.544. The van der Waals surface area contributed by atoms with E-state index in [1.165, 1.54) is 17.4 Å². The maximum Gasteiger partial charge on any atom is 0.335 e. The standard InChI is InChI=1S/C23H20N2O4S/c1-13-5-6-15(21(26)24-17-7-8-17)12-18(13)25-22(27)20-10-9-19(30-20)14-3-2-4-16(11-14)23(28)29/h2-6,9-12,17H,7-8H2,1H3,(H,24,26)(H,25,27)(H,28,29). The Morgan fingerprint density at radius 1 is 0.967 bits per heavy atom. The van der Waals surface area contributed by atoms with E-state index in [0.717, 1.165) is 28.8 Å². The number of hydrogen-bond donors (Lipinski definition) is 3. The highest BCUT2D eigenvalue weighted by molar-refractivity contribution is 7.17. The summed E-state index contributed by atoms with van der Waals surface area (Å²) in [4.78, 5) is 37.5. The van der Waals surface area contributed by atoms with E-state index < -0.39 is 5.97 Å². The molecule has 0 radical (unpaired) electrons. The zero-order chi connectivity index (χ0) is 21.3. The Balaban J connectivity index is 1.51. The van der Waals surface area contributed by atoms with Gasteiger partial charge in [-0.2, -0.15) is 0 Å². The number of carboxylic acids is 1. The van der Waals surface area contributed by atoms with Crippen LogP contribution in [0.25, 0.3) is 10.4 Å². The lowest BCUT2D eigenvalue weighted by Gasteiger charge is -2.10. The number of amides is 2. The average molecular weight is 420 g/mol. The number of anilines is 1. The molecule has 30 heavy (non-hydrogen) atoms. The van der Waals surface area contributed by atoms with Crippen LogP contribution < -0.4 is 10.6 Å². The van der Waals surface area contributed by atoms with Gasteiger partial charge < -0.3 is 15.7 Å². The normalized spacial score (nSPS) is 13.0. The minimum absolute atomic E-state index is 0.135. The lowest BCUT2D eigenvalue weighted by molar-refractivity contribution is 0.0696. The molecule has 3 N–H and O–H groups in total. The summed E-state index contributed by atoms with van der Waals surface area (Å²) in [6, 6.07) is 15.6. The lowest BCUT2D eigenvalue weighted by Crippen LogP contribution is -2.25. The molecule has 1 aliphatic carbocycles. The van der Waals surface area contributed by atoms with E-state index in [9.17, 15) is 14.4 Å². The number of thiophene rings is 1. The summed E-state index contributed by atoms with van der Waals surface area (Å²) < 4.78 is 0. The maximum absolute atomic E-state index is 12.8. The van der Waals surface area contributed by atoms with Crippen LogP contribution in [0.1, 0.15) is 48.8 Å². The molecule has 1 fully saturated rings. The van der Waals surface area contributed by atoms with Crippen LogP contribution in [-0.2, 0) is 0 Å². The molecule has 0 saturated heterocycles. The van der Waals surface area contributed by atoms with Crippen LogP contribution >= 0.6 is 11.3 Å². The zero-order valence-electron chi connectivity index (χ0n) is 16.3. The van der Waals surface area contributed by atoms with E-state index in [0.29, 0.717) is 16.1 Å². The number of hydrogen-bond acceptors (Lipinski definition) is 4. The fourth-order valence-electron chi connectivity index (χ4n) is 3.00. The summed E-state index contributed by atoms with van der Waals surface area (Å²) in [5, 5.41) is 15.0. The number of carboxylic acid groups (broad SMARTS) is 1. The number of carbonyl (C=O) groups is 3. The number of rotatable bonds is 6. The Morgan fingerprint density at radius 3 is 2.50 bits per heavy atom. The Bertz CT molecular complexity index is 1150. The molecule has 1 saturated carbocycles. The molecule has 0 bridgehead atoms. The number of carbonyl (C=O) groups excluding carboxylic acids is 2. The maximum atomic E-state index is 12.8. The molecular weight excluding hydrogens is 400 g/mol. The van der Waals surface area contributed by atoms with Crippen LogP contribution in [0.4, 0.5) is 5.69 Å². The van der Waals surface area contributed by atoms with Crippen molar-refractivity contribution in [1.82, 2.24) is 5.32 Å². The monoisotopic (exact) mass is 420 g/mol. The van der Waals surface area contributed by atoms with Crippen molar-refractivity contribution in [2.45, 2.75) is 25.8 Å². The van der Waals surface area contributed by atoms with Crippen molar-refractivity contribution in [2.75, 3.05) is 5.32 Å². The Kier molecular flexibility index (Phi) is 5.37. The van der Waals surface area contributed by atoms with Gasteiger partial charge in [0.2, 0.25) is 0 Å². The Morgan fingerprint density at radius 2 is 1.77 bits per heavy atom. The fourth-order valence-corrected chi connectivity index (χ4v) is 3.90. The van der Waals surface area contributed by atoms with E-state index in [-0.39, 0.29) is 23.4 Å². The number of nitrogens with one attached hydrogen (secondary N) is 2. The van der Waals surface area contributed by atoms with E-state index >= 15 is 0 Å². The molecule has 0 unspecified atom stereocenters. The van der Waals surface area contributed by atoms with Crippen LogP contribution in [0.2, 0.25) is 0 Å². The number of aryl methyl sites for hydroxylation is 1. The molecule has 2 amide bonds. The predicted octanol–water partition coefficient (Wildman–Crippen LogP) is 4.57. The molecule has 1 aromatic heterocycles. The van der Waals surface area contributed by atoms with Crippen molar-refractivity contribution in [2.24, 2.45) is 0 Å². The van der Waals surface area contributed by atoms with Gasteiger partial charge in [-0.3, -0.25) is 9.59 Å². The summed E-state index contributed by atoms with van der Waals surface area (Å²) >= 11 is 1.28. The van der Waals surface area contributed by atoms with Gasteiger partial charge in [0.15, 0.2) is 0 Å². The van der Waals surface area contributed by atoms with Gasteiger partial charge in [-0.1, -0.05) is 18.2 Å². The van der Waals surface area contributed by atoms with Crippen molar-refractivity contribution in [3.8, 4) is 10.4 Å². The van der Waals surface area contributed by atoms with Crippen LogP contribution in [0.3, 0.4) is 0 Å². The van der Waals surface area contributed by atoms with Gasteiger partial charge in [0, 0.05) is 22.2 Å². The predicted molar refractivity (Wildman–Crippen MR) is 116 cm³/mol. The second kappa shape index (κ2) is 8.12. The van der Waals surface area contributed by atoms with Crippen LogP contribution in [0.5, 0.6) is 0 Å². The highest BCUT2D eigenvalue weighted by atomic mass is 32.1. The first kappa shape index (κ1) is 19.8. The van der Waals surface area contributed by atoms with Crippen molar-refractivity contribution < 1.29 is 19.5 Å². The molecule has 0 aliphatic heterocycles. The third-order valence-electron chi connectivity index (χ3n) is 4.88. The summed E-state index contributed by atoms with van der Waals surface area (Å²) in [5.74, 6) is -1.40. The summed E-state index contributed by atoms with van der Waals surface area (Å²) in [5.41, 5.74) is 2.90. The first-order chi connectivity index (χ1) is 14.4. The van der Waals surface area contributed by atoms with E-state index in [1.807, 2.05) is 19.1 Å². The van der Waals surface area contributed by atoms with Gasteiger partial charge in [0.1, 0.15) is 0 Å². The molecule has 152 valence electrons.